The molecule has 3 N–H and O–H groups in total. The van der Waals surface area contributed by atoms with E-state index in [-0.39, 0.29) is 25.0 Å². The fraction of sp³-hybridized carbons (Fsp3) is 0.467. The van der Waals surface area contributed by atoms with E-state index in [2.05, 4.69) is 5.32 Å². The first kappa shape index (κ1) is 15.2. The minimum atomic E-state index is -0.239. The van der Waals surface area contributed by atoms with E-state index < -0.39 is 0 Å². The highest BCUT2D eigenvalue weighted by molar-refractivity contribution is 5.85. The first-order chi connectivity index (χ1) is 9.95. The van der Waals surface area contributed by atoms with E-state index in [1.54, 1.807) is 25.2 Å². The summed E-state index contributed by atoms with van der Waals surface area (Å²) in [5.74, 6) is 0.252. The van der Waals surface area contributed by atoms with Gasteiger partial charge in [0.25, 0.3) is 5.91 Å². The molecule has 2 amide bonds. The third kappa shape index (κ3) is 4.66. The number of hydrogen-bond acceptors (Lipinski definition) is 4. The molecule has 0 unspecified atom stereocenters. The van der Waals surface area contributed by atoms with Crippen LogP contribution >= 0.6 is 0 Å². The number of rotatable bonds is 6. The lowest BCUT2D eigenvalue weighted by Gasteiger charge is -2.17. The van der Waals surface area contributed by atoms with Gasteiger partial charge in [0.2, 0.25) is 5.91 Å². The van der Waals surface area contributed by atoms with Gasteiger partial charge in [0, 0.05) is 18.8 Å². The van der Waals surface area contributed by atoms with Gasteiger partial charge in [-0.1, -0.05) is 0 Å². The number of likely N-dealkylation sites (N-methyl/N-ethyl adjacent to an activating group) is 1. The Morgan fingerprint density at radius 3 is 2.76 bits per heavy atom. The second-order valence-corrected chi connectivity index (χ2v) is 5.41. The third-order valence-corrected chi connectivity index (χ3v) is 3.30. The average molecular weight is 291 g/mol. The fourth-order valence-electron chi connectivity index (χ4n) is 1.89. The van der Waals surface area contributed by atoms with Crippen molar-refractivity contribution in [1.29, 1.82) is 0 Å². The molecule has 1 aliphatic rings. The summed E-state index contributed by atoms with van der Waals surface area (Å²) in [6, 6.07) is 5.54. The van der Waals surface area contributed by atoms with E-state index in [9.17, 15) is 9.59 Å². The van der Waals surface area contributed by atoms with Crippen LogP contribution in [0.15, 0.2) is 18.2 Å². The van der Waals surface area contributed by atoms with Crippen LogP contribution in [-0.2, 0) is 9.59 Å². The van der Waals surface area contributed by atoms with Crippen molar-refractivity contribution in [3.63, 3.8) is 0 Å². The average Bonchev–Trinajstić information content (AvgIpc) is 3.21. The number of nitrogen functional groups attached to an aromatic ring is 1. The number of carbonyl (C=O) groups excluding carboxylic acids is 2. The minimum Gasteiger partial charge on any atom is -0.483 e. The summed E-state index contributed by atoms with van der Waals surface area (Å²) in [7, 11) is 1.59. The Balaban J connectivity index is 1.78. The lowest BCUT2D eigenvalue weighted by molar-refractivity contribution is -0.136. The van der Waals surface area contributed by atoms with Gasteiger partial charge in [0.05, 0.1) is 6.54 Å². The maximum absolute atomic E-state index is 11.9. The Kier molecular flexibility index (Phi) is 4.67. The van der Waals surface area contributed by atoms with Gasteiger partial charge in [-0.3, -0.25) is 9.59 Å². The molecule has 0 spiro atoms. The molecule has 1 aliphatic carbocycles. The first-order valence-electron chi connectivity index (χ1n) is 6.98. The monoisotopic (exact) mass is 291 g/mol. The van der Waals surface area contributed by atoms with Crippen molar-refractivity contribution in [2.24, 2.45) is 0 Å². The highest BCUT2D eigenvalue weighted by Crippen LogP contribution is 2.20. The fourth-order valence-corrected chi connectivity index (χ4v) is 1.89. The molecule has 6 heteroatoms. The molecule has 2 rings (SSSR count). The number of aryl methyl sites for hydroxylation is 1. The predicted octanol–water partition coefficient (Wildman–Crippen LogP) is 0.693. The van der Waals surface area contributed by atoms with Crippen molar-refractivity contribution in [3.8, 4) is 5.75 Å². The number of nitrogens with two attached hydrogens (primary N) is 1. The Hall–Kier alpha value is -2.24. The van der Waals surface area contributed by atoms with Crippen molar-refractivity contribution in [2.75, 3.05) is 25.9 Å². The smallest absolute Gasteiger partial charge is 0.260 e. The van der Waals surface area contributed by atoms with Crippen LogP contribution < -0.4 is 15.8 Å². The quantitative estimate of drug-likeness (QED) is 0.755. The van der Waals surface area contributed by atoms with Gasteiger partial charge in [-0.25, -0.2) is 0 Å². The number of carbonyl (C=O) groups is 2. The van der Waals surface area contributed by atoms with Gasteiger partial charge in [0.15, 0.2) is 6.61 Å². The summed E-state index contributed by atoms with van der Waals surface area (Å²) >= 11 is 0. The number of amides is 2. The second kappa shape index (κ2) is 6.47. The molecule has 0 aliphatic heterocycles. The number of nitrogens with one attached hydrogen (secondary N) is 1. The second-order valence-electron chi connectivity index (χ2n) is 5.41. The molecule has 114 valence electrons. The van der Waals surface area contributed by atoms with Crippen molar-refractivity contribution in [3.05, 3.63) is 23.8 Å². The molecule has 0 aromatic heterocycles. The van der Waals surface area contributed by atoms with E-state index in [0.29, 0.717) is 17.5 Å². The van der Waals surface area contributed by atoms with Crippen LogP contribution in [-0.4, -0.2) is 43.0 Å². The Morgan fingerprint density at radius 1 is 1.43 bits per heavy atom. The number of ether oxygens (including phenoxy) is 1. The molecule has 0 heterocycles. The van der Waals surface area contributed by atoms with Crippen LogP contribution in [0.1, 0.15) is 18.4 Å². The number of benzene rings is 1. The lowest BCUT2D eigenvalue weighted by atomic mass is 10.2. The van der Waals surface area contributed by atoms with Crippen LogP contribution in [0.5, 0.6) is 5.75 Å². The molecule has 0 atom stereocenters. The van der Waals surface area contributed by atoms with E-state index in [1.807, 2.05) is 6.92 Å². The predicted molar refractivity (Wildman–Crippen MR) is 79.9 cm³/mol. The van der Waals surface area contributed by atoms with Crippen LogP contribution in [0.3, 0.4) is 0 Å². The summed E-state index contributed by atoms with van der Waals surface area (Å²) < 4.78 is 5.47. The van der Waals surface area contributed by atoms with E-state index in [4.69, 9.17) is 10.5 Å². The van der Waals surface area contributed by atoms with Gasteiger partial charge in [-0.05, 0) is 43.5 Å². The summed E-state index contributed by atoms with van der Waals surface area (Å²) in [6.45, 7) is 1.82. The highest BCUT2D eigenvalue weighted by Gasteiger charge is 2.24. The largest absolute Gasteiger partial charge is 0.483 e. The maximum Gasteiger partial charge on any atom is 0.260 e. The van der Waals surface area contributed by atoms with Gasteiger partial charge in [0.1, 0.15) is 5.75 Å². The molecule has 0 bridgehead atoms. The normalized spacial score (nSPS) is 13.6. The lowest BCUT2D eigenvalue weighted by Crippen LogP contribution is -2.40. The number of hydrogen-bond donors (Lipinski definition) is 2. The van der Waals surface area contributed by atoms with Gasteiger partial charge < -0.3 is 20.7 Å². The molecule has 0 radical (unpaired) electrons. The zero-order valence-corrected chi connectivity index (χ0v) is 12.4. The summed E-state index contributed by atoms with van der Waals surface area (Å²) in [5, 5.41) is 2.84. The molecule has 1 saturated carbocycles. The van der Waals surface area contributed by atoms with Crippen molar-refractivity contribution in [1.82, 2.24) is 10.2 Å². The maximum atomic E-state index is 11.9. The Bertz CT molecular complexity index is 541. The summed E-state index contributed by atoms with van der Waals surface area (Å²) in [4.78, 5) is 24.9. The van der Waals surface area contributed by atoms with E-state index >= 15 is 0 Å². The summed E-state index contributed by atoms with van der Waals surface area (Å²) in [5.41, 5.74) is 7.18. The first-order valence-corrected chi connectivity index (χ1v) is 6.98. The third-order valence-electron chi connectivity index (χ3n) is 3.30. The molecule has 1 aromatic rings. The zero-order chi connectivity index (χ0) is 15.4. The van der Waals surface area contributed by atoms with E-state index in [0.717, 1.165) is 18.4 Å². The van der Waals surface area contributed by atoms with Gasteiger partial charge in [-0.15, -0.1) is 0 Å². The summed E-state index contributed by atoms with van der Waals surface area (Å²) in [6.07, 6.45) is 2.06. The van der Waals surface area contributed by atoms with Crippen LogP contribution in [0.25, 0.3) is 0 Å². The van der Waals surface area contributed by atoms with Crippen molar-refractivity contribution < 1.29 is 14.3 Å². The Morgan fingerprint density at radius 2 is 2.14 bits per heavy atom. The molecule has 0 saturated heterocycles. The zero-order valence-electron chi connectivity index (χ0n) is 12.4. The molecular formula is C15H21N3O3. The van der Waals surface area contributed by atoms with Crippen LogP contribution in [0.2, 0.25) is 0 Å². The SMILES string of the molecule is Cc1cc(N)ccc1OCC(=O)N(C)CC(=O)NC1CC1. The van der Waals surface area contributed by atoms with E-state index in [1.165, 1.54) is 4.90 Å². The molecule has 21 heavy (non-hydrogen) atoms. The Labute approximate surface area is 124 Å². The van der Waals surface area contributed by atoms with Crippen molar-refractivity contribution >= 4 is 17.5 Å². The van der Waals surface area contributed by atoms with Gasteiger partial charge in [-0.2, -0.15) is 0 Å². The number of anilines is 1. The van der Waals surface area contributed by atoms with Crippen LogP contribution in [0, 0.1) is 6.92 Å². The molecular weight excluding hydrogens is 270 g/mol. The standard InChI is InChI=1S/C15H21N3O3/c1-10-7-11(16)3-6-13(10)21-9-15(20)18(2)8-14(19)17-12-4-5-12/h3,6-7,12H,4-5,8-9,16H2,1-2H3,(H,17,19). The molecule has 1 fully saturated rings. The molecule has 6 nitrogen and oxygen atoms in total. The highest BCUT2D eigenvalue weighted by atomic mass is 16.5. The topological polar surface area (TPSA) is 84.7 Å². The molecule has 1 aromatic carbocycles. The minimum absolute atomic E-state index is 0.0550. The van der Waals surface area contributed by atoms with Crippen molar-refractivity contribution in [2.45, 2.75) is 25.8 Å². The number of nitrogens with zero attached hydrogens (tertiary/aromatic N) is 1. The van der Waals surface area contributed by atoms with Gasteiger partial charge >= 0.3 is 0 Å². The van der Waals surface area contributed by atoms with Crippen LogP contribution in [0.4, 0.5) is 5.69 Å².